The van der Waals surface area contributed by atoms with Crippen molar-refractivity contribution in [1.82, 2.24) is 0 Å². The standard InChI is InChI=1S/C28H26OSi2.Pt/c1-3-30(25-17-9-5-10-18-25,26-19-11-6-12-20-26)29-31(4-2,27-21-13-7-14-22-27)28-23-15-8-16-24-28;/h3-24H,1-2H2;/q;+2. The molecule has 0 N–H and O–H groups in total. The van der Waals surface area contributed by atoms with Gasteiger partial charge in [-0.15, -0.1) is 13.2 Å². The smallest absolute Gasteiger partial charge is 0.436 e. The minimum atomic E-state index is -2.79. The molecule has 4 aromatic rings. The van der Waals surface area contributed by atoms with Gasteiger partial charge in [-0.1, -0.05) is 133 Å². The van der Waals surface area contributed by atoms with Crippen molar-refractivity contribution in [3.8, 4) is 0 Å². The van der Waals surface area contributed by atoms with Crippen molar-refractivity contribution in [2.24, 2.45) is 0 Å². The SMILES string of the molecule is C=C[Si](O[Si](C=C)(c1ccccc1)c1ccccc1)(c1ccccc1)c1ccccc1.[Pt+2]. The molecule has 0 fully saturated rings. The molecule has 0 saturated heterocycles. The summed E-state index contributed by atoms with van der Waals surface area (Å²) in [5.74, 6) is 0. The van der Waals surface area contributed by atoms with Crippen molar-refractivity contribution in [2.45, 2.75) is 0 Å². The van der Waals surface area contributed by atoms with Crippen LogP contribution >= 0.6 is 0 Å². The maximum absolute atomic E-state index is 7.51. The van der Waals surface area contributed by atoms with Crippen molar-refractivity contribution in [3.63, 3.8) is 0 Å². The quantitative estimate of drug-likeness (QED) is 0.268. The molecule has 0 amide bonds. The number of hydrogen-bond acceptors (Lipinski definition) is 1. The van der Waals surface area contributed by atoms with Gasteiger partial charge in [0.1, 0.15) is 0 Å². The molecule has 4 rings (SSSR count). The van der Waals surface area contributed by atoms with Crippen LogP contribution in [0.2, 0.25) is 0 Å². The summed E-state index contributed by atoms with van der Waals surface area (Å²) in [5.41, 5.74) is 4.13. The maximum atomic E-state index is 7.51. The fraction of sp³-hybridized carbons (Fsp3) is 0. The molecule has 0 heterocycles. The Morgan fingerprint density at radius 1 is 0.438 bits per heavy atom. The summed E-state index contributed by atoms with van der Waals surface area (Å²) < 4.78 is 7.51. The predicted octanol–water partition coefficient (Wildman–Crippen LogP) is 3.97. The van der Waals surface area contributed by atoms with Gasteiger partial charge in [-0.2, -0.15) is 0 Å². The molecule has 0 spiro atoms. The van der Waals surface area contributed by atoms with Crippen molar-refractivity contribution in [1.29, 1.82) is 0 Å². The van der Waals surface area contributed by atoms with E-state index in [2.05, 4.69) is 122 Å². The van der Waals surface area contributed by atoms with Crippen LogP contribution in [0.3, 0.4) is 0 Å². The molecule has 4 heteroatoms. The van der Waals surface area contributed by atoms with E-state index in [-0.39, 0.29) is 21.1 Å². The summed E-state index contributed by atoms with van der Waals surface area (Å²) in [6.07, 6.45) is 0. The van der Waals surface area contributed by atoms with Crippen molar-refractivity contribution >= 4 is 37.4 Å². The van der Waals surface area contributed by atoms with Gasteiger partial charge < -0.3 is 4.12 Å². The molecule has 32 heavy (non-hydrogen) atoms. The zero-order chi connectivity index (χ0) is 21.6. The Morgan fingerprint density at radius 3 is 0.844 bits per heavy atom. The zero-order valence-corrected chi connectivity index (χ0v) is 22.1. The fourth-order valence-electron chi connectivity index (χ4n) is 4.12. The van der Waals surface area contributed by atoms with E-state index in [0.29, 0.717) is 0 Å². The van der Waals surface area contributed by atoms with E-state index < -0.39 is 16.6 Å². The second kappa shape index (κ2) is 10.8. The Labute approximate surface area is 207 Å². The van der Waals surface area contributed by atoms with Gasteiger partial charge in [-0.25, -0.2) is 0 Å². The normalized spacial score (nSPS) is 11.2. The first-order chi connectivity index (χ1) is 15.2. The summed E-state index contributed by atoms with van der Waals surface area (Å²) in [4.78, 5) is 0. The zero-order valence-electron chi connectivity index (χ0n) is 17.8. The molecular weight excluding hydrogens is 604 g/mol. The van der Waals surface area contributed by atoms with E-state index in [1.54, 1.807) is 0 Å². The Hall–Kier alpha value is -2.56. The minimum Gasteiger partial charge on any atom is -0.436 e. The topological polar surface area (TPSA) is 9.23 Å². The molecule has 4 aromatic carbocycles. The van der Waals surface area contributed by atoms with E-state index in [1.165, 1.54) is 20.7 Å². The van der Waals surface area contributed by atoms with Crippen LogP contribution in [0.4, 0.5) is 0 Å². The monoisotopic (exact) mass is 629 g/mol. The van der Waals surface area contributed by atoms with Gasteiger partial charge in [0.05, 0.1) is 0 Å². The summed E-state index contributed by atoms with van der Waals surface area (Å²) in [6, 6.07) is 42.1. The second-order valence-electron chi connectivity index (χ2n) is 7.45. The average molecular weight is 630 g/mol. The first kappa shape index (κ1) is 24.1. The van der Waals surface area contributed by atoms with Crippen LogP contribution in [-0.4, -0.2) is 16.6 Å². The third-order valence-corrected chi connectivity index (χ3v) is 14.2. The Bertz CT molecular complexity index is 961. The van der Waals surface area contributed by atoms with Gasteiger partial charge in [-0.05, 0) is 20.7 Å². The molecule has 1 nitrogen and oxygen atoms in total. The Balaban J connectivity index is 0.00000289. The number of rotatable bonds is 8. The minimum absolute atomic E-state index is 0. The van der Waals surface area contributed by atoms with Crippen LogP contribution in [0.5, 0.6) is 0 Å². The molecule has 0 aliphatic heterocycles. The summed E-state index contributed by atoms with van der Waals surface area (Å²) in [7, 11) is -5.58. The van der Waals surface area contributed by atoms with Gasteiger partial charge in [0.15, 0.2) is 0 Å². The van der Waals surface area contributed by atoms with Crippen LogP contribution in [0.1, 0.15) is 0 Å². The van der Waals surface area contributed by atoms with E-state index in [4.69, 9.17) is 4.12 Å². The van der Waals surface area contributed by atoms with Crippen LogP contribution < -0.4 is 20.7 Å². The third-order valence-electron chi connectivity index (χ3n) is 5.71. The maximum Gasteiger partial charge on any atom is 2.00 e. The molecule has 0 aliphatic rings. The molecule has 0 radical (unpaired) electrons. The van der Waals surface area contributed by atoms with Gasteiger partial charge in [0, 0.05) is 0 Å². The van der Waals surface area contributed by atoms with Crippen LogP contribution in [0.25, 0.3) is 0 Å². The third kappa shape index (κ3) is 4.48. The fourth-order valence-corrected chi connectivity index (χ4v) is 13.1. The van der Waals surface area contributed by atoms with Gasteiger partial charge in [0.25, 0.3) is 16.6 Å². The first-order valence-corrected chi connectivity index (χ1v) is 14.4. The Kier molecular flexibility index (Phi) is 8.16. The van der Waals surface area contributed by atoms with Crippen molar-refractivity contribution in [3.05, 3.63) is 146 Å². The molecular formula is C28H26OPtSi2+2. The molecule has 160 valence electrons. The molecule has 0 aromatic heterocycles. The second-order valence-corrected chi connectivity index (χ2v) is 14.3. The summed E-state index contributed by atoms with van der Waals surface area (Å²) >= 11 is 0. The van der Waals surface area contributed by atoms with Gasteiger partial charge >= 0.3 is 21.1 Å². The number of benzene rings is 4. The van der Waals surface area contributed by atoms with Crippen LogP contribution in [0, 0.1) is 0 Å². The van der Waals surface area contributed by atoms with Crippen LogP contribution in [0.15, 0.2) is 146 Å². The van der Waals surface area contributed by atoms with Gasteiger partial charge in [-0.3, -0.25) is 0 Å². The van der Waals surface area contributed by atoms with E-state index in [9.17, 15) is 0 Å². The van der Waals surface area contributed by atoms with Crippen molar-refractivity contribution < 1.29 is 25.2 Å². The predicted molar refractivity (Wildman–Crippen MR) is 137 cm³/mol. The molecule has 0 saturated carbocycles. The Morgan fingerprint density at radius 2 is 0.656 bits per heavy atom. The first-order valence-electron chi connectivity index (χ1n) is 10.4. The molecule has 0 unspecified atom stereocenters. The molecule has 0 bridgehead atoms. The van der Waals surface area contributed by atoms with E-state index >= 15 is 0 Å². The van der Waals surface area contributed by atoms with E-state index in [1.807, 2.05) is 24.3 Å². The summed E-state index contributed by atoms with van der Waals surface area (Å²) in [6.45, 7) is 8.63. The largest absolute Gasteiger partial charge is 2.00 e. The van der Waals surface area contributed by atoms with E-state index in [0.717, 1.165) is 0 Å². The molecule has 0 atom stereocenters. The van der Waals surface area contributed by atoms with Crippen molar-refractivity contribution in [2.75, 3.05) is 0 Å². The number of hydrogen-bond donors (Lipinski definition) is 0. The average Bonchev–Trinajstić information content (AvgIpc) is 2.87. The molecule has 0 aliphatic carbocycles. The van der Waals surface area contributed by atoms with Gasteiger partial charge in [0.2, 0.25) is 0 Å². The summed E-state index contributed by atoms with van der Waals surface area (Å²) in [5, 5.41) is 4.73. The van der Waals surface area contributed by atoms with Crippen LogP contribution in [-0.2, 0) is 25.2 Å².